The number of esters is 1. The van der Waals surface area contributed by atoms with Crippen molar-refractivity contribution >= 4 is 34.2 Å². The van der Waals surface area contributed by atoms with E-state index in [9.17, 15) is 9.59 Å². The average molecular weight is 559 g/mol. The summed E-state index contributed by atoms with van der Waals surface area (Å²) in [5.41, 5.74) is 2.00. The van der Waals surface area contributed by atoms with Crippen LogP contribution < -0.4 is 29.1 Å². The molecule has 0 amide bonds. The lowest BCUT2D eigenvalue weighted by Crippen LogP contribution is -2.40. The molecule has 0 N–H and O–H groups in total. The predicted molar refractivity (Wildman–Crippen MR) is 155 cm³/mol. The highest BCUT2D eigenvalue weighted by Gasteiger charge is 2.34. The standard InChI is InChI=1S/C31H30N2O6S/c1-6-38-23-14-12-19-10-8-9-11-21(19)22(23)17-26-29(34)33-28(20-13-15-24(36-4)25(16-20)37-5)27(30(35)39-7-2)18(3)32-31(33)40-26/h8-17,28H,6-7H2,1-5H3/b26-17-/t28-/m0/s1. The number of aromatic nitrogens is 1. The molecule has 1 atom stereocenters. The molecule has 0 aliphatic carbocycles. The Hall–Kier alpha value is -4.37. The summed E-state index contributed by atoms with van der Waals surface area (Å²) in [4.78, 5) is 32.5. The number of carbonyl (C=O) groups is 1. The molecular formula is C31H30N2O6S. The zero-order chi connectivity index (χ0) is 28.4. The van der Waals surface area contributed by atoms with E-state index >= 15 is 0 Å². The Morgan fingerprint density at radius 1 is 1.00 bits per heavy atom. The van der Waals surface area contributed by atoms with E-state index in [0.717, 1.165) is 16.3 Å². The number of benzene rings is 3. The van der Waals surface area contributed by atoms with Crippen molar-refractivity contribution in [3.8, 4) is 17.2 Å². The van der Waals surface area contributed by atoms with Gasteiger partial charge in [0.25, 0.3) is 5.56 Å². The Kier molecular flexibility index (Phi) is 7.75. The molecule has 0 radical (unpaired) electrons. The molecule has 0 unspecified atom stereocenters. The van der Waals surface area contributed by atoms with Crippen LogP contribution in [0.3, 0.4) is 0 Å². The maximum Gasteiger partial charge on any atom is 0.338 e. The van der Waals surface area contributed by atoms with Gasteiger partial charge in [-0.05, 0) is 61.4 Å². The summed E-state index contributed by atoms with van der Waals surface area (Å²) >= 11 is 1.27. The number of carbonyl (C=O) groups excluding carboxylic acids is 1. The fraction of sp³-hybridized carbons (Fsp3) is 0.258. The minimum Gasteiger partial charge on any atom is -0.493 e. The molecule has 0 saturated carbocycles. The lowest BCUT2D eigenvalue weighted by Gasteiger charge is -2.25. The van der Waals surface area contributed by atoms with Gasteiger partial charge in [-0.2, -0.15) is 0 Å². The summed E-state index contributed by atoms with van der Waals surface area (Å²) < 4.78 is 24.3. The largest absolute Gasteiger partial charge is 0.493 e. The Morgan fingerprint density at radius 3 is 2.48 bits per heavy atom. The number of rotatable bonds is 8. The number of fused-ring (bicyclic) bond motifs is 2. The van der Waals surface area contributed by atoms with Crippen molar-refractivity contribution in [2.45, 2.75) is 26.8 Å². The van der Waals surface area contributed by atoms with E-state index in [2.05, 4.69) is 4.99 Å². The van der Waals surface area contributed by atoms with Crippen LogP contribution in [-0.4, -0.2) is 38.0 Å². The Labute approximate surface area is 235 Å². The number of ether oxygens (including phenoxy) is 4. The van der Waals surface area contributed by atoms with Gasteiger partial charge in [0.1, 0.15) is 5.75 Å². The van der Waals surface area contributed by atoms with Gasteiger partial charge in [-0.1, -0.05) is 47.7 Å². The number of nitrogens with zero attached hydrogens (tertiary/aromatic N) is 2. The summed E-state index contributed by atoms with van der Waals surface area (Å²) in [6, 6.07) is 16.5. The van der Waals surface area contributed by atoms with Crippen molar-refractivity contribution in [3.63, 3.8) is 0 Å². The van der Waals surface area contributed by atoms with Crippen LogP contribution in [0.25, 0.3) is 16.8 Å². The molecule has 8 nitrogen and oxygen atoms in total. The van der Waals surface area contributed by atoms with Gasteiger partial charge < -0.3 is 18.9 Å². The summed E-state index contributed by atoms with van der Waals surface area (Å²) in [6.45, 7) is 6.11. The number of allylic oxidation sites excluding steroid dienone is 1. The van der Waals surface area contributed by atoms with E-state index in [1.54, 1.807) is 44.8 Å². The monoisotopic (exact) mass is 558 g/mol. The van der Waals surface area contributed by atoms with Crippen LogP contribution in [0, 0.1) is 0 Å². The molecule has 0 bridgehead atoms. The molecule has 0 saturated heterocycles. The maximum absolute atomic E-state index is 14.1. The van der Waals surface area contributed by atoms with Crippen LogP contribution in [0.2, 0.25) is 0 Å². The van der Waals surface area contributed by atoms with Crippen molar-refractivity contribution in [2.24, 2.45) is 4.99 Å². The van der Waals surface area contributed by atoms with Crippen LogP contribution in [0.15, 0.2) is 75.7 Å². The smallest absolute Gasteiger partial charge is 0.338 e. The number of hydrogen-bond donors (Lipinski definition) is 0. The lowest BCUT2D eigenvalue weighted by atomic mass is 9.95. The number of methoxy groups -OCH3 is 2. The topological polar surface area (TPSA) is 88.4 Å². The molecule has 1 aliphatic heterocycles. The van der Waals surface area contributed by atoms with Gasteiger partial charge >= 0.3 is 5.97 Å². The molecule has 2 heterocycles. The van der Waals surface area contributed by atoms with Crippen molar-refractivity contribution < 1.29 is 23.7 Å². The lowest BCUT2D eigenvalue weighted by molar-refractivity contribution is -0.139. The fourth-order valence-corrected chi connectivity index (χ4v) is 6.00. The number of hydrogen-bond acceptors (Lipinski definition) is 8. The Morgan fingerprint density at radius 2 is 1.75 bits per heavy atom. The molecule has 40 heavy (non-hydrogen) atoms. The van der Waals surface area contributed by atoms with Gasteiger partial charge in [-0.3, -0.25) is 9.36 Å². The third kappa shape index (κ3) is 4.77. The summed E-state index contributed by atoms with van der Waals surface area (Å²) in [5, 5.41) is 2.01. The van der Waals surface area contributed by atoms with Gasteiger partial charge in [0.05, 0.1) is 49.3 Å². The third-order valence-corrected chi connectivity index (χ3v) is 7.73. The molecule has 4 aromatic rings. The van der Waals surface area contributed by atoms with Gasteiger partial charge in [0.2, 0.25) is 0 Å². The SMILES string of the molecule is CCOC(=O)C1=C(C)N=c2s/c(=C\c3c(OCC)ccc4ccccc34)c(=O)n2[C@H]1c1ccc(OC)c(OC)c1. The Bertz CT molecular complexity index is 1820. The summed E-state index contributed by atoms with van der Waals surface area (Å²) in [5.74, 6) is 1.19. The molecule has 9 heteroatoms. The zero-order valence-electron chi connectivity index (χ0n) is 23.0. The van der Waals surface area contributed by atoms with Gasteiger partial charge in [-0.15, -0.1) is 0 Å². The van der Waals surface area contributed by atoms with Crippen molar-refractivity contribution in [1.29, 1.82) is 0 Å². The van der Waals surface area contributed by atoms with Crippen LogP contribution in [-0.2, 0) is 9.53 Å². The molecule has 0 spiro atoms. The van der Waals surface area contributed by atoms with E-state index in [1.807, 2.05) is 55.5 Å². The van der Waals surface area contributed by atoms with Crippen LogP contribution in [0.1, 0.15) is 37.9 Å². The Balaban J connectivity index is 1.78. The second kappa shape index (κ2) is 11.4. The van der Waals surface area contributed by atoms with E-state index < -0.39 is 12.0 Å². The summed E-state index contributed by atoms with van der Waals surface area (Å²) in [7, 11) is 3.10. The molecule has 1 aromatic heterocycles. The highest BCUT2D eigenvalue weighted by Crippen LogP contribution is 2.36. The van der Waals surface area contributed by atoms with Crippen LogP contribution >= 0.6 is 11.3 Å². The van der Waals surface area contributed by atoms with Crippen molar-refractivity contribution in [1.82, 2.24) is 4.57 Å². The summed E-state index contributed by atoms with van der Waals surface area (Å²) in [6.07, 6.45) is 1.85. The van der Waals surface area contributed by atoms with Gasteiger partial charge in [0, 0.05) is 5.56 Å². The van der Waals surface area contributed by atoms with Crippen LogP contribution in [0.4, 0.5) is 0 Å². The molecular weight excluding hydrogens is 528 g/mol. The normalized spacial score (nSPS) is 15.0. The number of thiazole rings is 1. The highest BCUT2D eigenvalue weighted by atomic mass is 32.1. The predicted octanol–water partition coefficient (Wildman–Crippen LogP) is 4.37. The molecule has 3 aromatic carbocycles. The first-order chi connectivity index (χ1) is 19.4. The molecule has 1 aliphatic rings. The van der Waals surface area contributed by atoms with Gasteiger partial charge in [0.15, 0.2) is 16.3 Å². The third-order valence-electron chi connectivity index (χ3n) is 6.75. The highest BCUT2D eigenvalue weighted by molar-refractivity contribution is 7.07. The molecule has 206 valence electrons. The second-order valence-corrected chi connectivity index (χ2v) is 10.1. The second-order valence-electron chi connectivity index (χ2n) is 9.05. The zero-order valence-corrected chi connectivity index (χ0v) is 23.8. The van der Waals surface area contributed by atoms with Crippen molar-refractivity contribution in [2.75, 3.05) is 27.4 Å². The first-order valence-electron chi connectivity index (χ1n) is 13.0. The van der Waals surface area contributed by atoms with E-state index in [1.165, 1.54) is 11.3 Å². The maximum atomic E-state index is 14.1. The van der Waals surface area contributed by atoms with Crippen molar-refractivity contribution in [3.05, 3.63) is 96.7 Å². The van der Waals surface area contributed by atoms with E-state index in [0.29, 0.717) is 50.0 Å². The van der Waals surface area contributed by atoms with E-state index in [-0.39, 0.29) is 12.2 Å². The first-order valence-corrected chi connectivity index (χ1v) is 13.8. The molecule has 0 fully saturated rings. The quantitative estimate of drug-likeness (QED) is 0.299. The molecule has 5 rings (SSSR count). The minimum atomic E-state index is -0.767. The van der Waals surface area contributed by atoms with Crippen LogP contribution in [0.5, 0.6) is 17.2 Å². The first kappa shape index (κ1) is 27.2. The minimum absolute atomic E-state index is 0.194. The van der Waals surface area contributed by atoms with E-state index in [4.69, 9.17) is 18.9 Å². The van der Waals surface area contributed by atoms with Gasteiger partial charge in [-0.25, -0.2) is 9.79 Å². The fourth-order valence-electron chi connectivity index (χ4n) is 4.97. The average Bonchev–Trinajstić information content (AvgIpc) is 3.27.